The zero-order valence-corrected chi connectivity index (χ0v) is 15.8. The number of nitrogens with one attached hydrogen (secondary N) is 3. The highest BCUT2D eigenvalue weighted by Crippen LogP contribution is 2.24. The van der Waals surface area contributed by atoms with E-state index in [1.165, 1.54) is 6.33 Å². The Bertz CT molecular complexity index is 932. The van der Waals surface area contributed by atoms with Gasteiger partial charge in [0.15, 0.2) is 0 Å². The molecule has 1 heterocycles. The molecule has 3 rings (SSSR count). The van der Waals surface area contributed by atoms with Crippen LogP contribution < -0.4 is 21.3 Å². The van der Waals surface area contributed by atoms with E-state index in [4.69, 9.17) is 11.1 Å². The summed E-state index contributed by atoms with van der Waals surface area (Å²) in [5.74, 6) is 0.752. The normalized spacial score (nSPS) is 15.5. The number of nitrogen functional groups attached to an aromatic ring is 1. The minimum atomic E-state index is -0.0332. The fraction of sp³-hybridized carbons (Fsp3) is 0.200. The topological polar surface area (TPSA) is 120 Å². The van der Waals surface area contributed by atoms with Crippen LogP contribution in [0.5, 0.6) is 0 Å². The number of amides is 1. The van der Waals surface area contributed by atoms with Crippen LogP contribution in [0.15, 0.2) is 54.5 Å². The molecule has 28 heavy (non-hydrogen) atoms. The van der Waals surface area contributed by atoms with Crippen LogP contribution in [0.4, 0.5) is 17.3 Å². The molecule has 1 amide bonds. The van der Waals surface area contributed by atoms with Crippen LogP contribution in [-0.4, -0.2) is 42.2 Å². The highest BCUT2D eigenvalue weighted by atomic mass is 16.1. The average molecular weight is 377 g/mol. The van der Waals surface area contributed by atoms with Crippen molar-refractivity contribution in [1.82, 2.24) is 15.3 Å². The minimum Gasteiger partial charge on any atom is -0.383 e. The van der Waals surface area contributed by atoms with Crippen molar-refractivity contribution in [1.29, 1.82) is 5.41 Å². The van der Waals surface area contributed by atoms with Crippen molar-refractivity contribution >= 4 is 29.4 Å². The highest BCUT2D eigenvalue weighted by molar-refractivity contribution is 6.16. The fourth-order valence-corrected chi connectivity index (χ4v) is 2.90. The van der Waals surface area contributed by atoms with Crippen molar-refractivity contribution in [3.8, 4) is 0 Å². The van der Waals surface area contributed by atoms with Gasteiger partial charge < -0.3 is 21.3 Å². The van der Waals surface area contributed by atoms with Crippen molar-refractivity contribution in [3.63, 3.8) is 0 Å². The van der Waals surface area contributed by atoms with Crippen LogP contribution in [0.1, 0.15) is 17.5 Å². The average Bonchev–Trinajstić information content (AvgIpc) is 2.69. The molecule has 0 aliphatic heterocycles. The summed E-state index contributed by atoms with van der Waals surface area (Å²) >= 11 is 0. The molecule has 0 radical (unpaired) electrons. The molecule has 144 valence electrons. The first-order valence-electron chi connectivity index (χ1n) is 8.82. The molecule has 0 bridgehead atoms. The Labute approximate surface area is 163 Å². The van der Waals surface area contributed by atoms with E-state index >= 15 is 0 Å². The third kappa shape index (κ3) is 4.17. The molecule has 0 saturated heterocycles. The molecule has 8 heteroatoms. The monoisotopic (exact) mass is 377 g/mol. The number of hydrogen-bond donors (Lipinski definition) is 4. The van der Waals surface area contributed by atoms with Gasteiger partial charge in [-0.05, 0) is 24.6 Å². The molecular weight excluding hydrogens is 354 g/mol. The van der Waals surface area contributed by atoms with Crippen molar-refractivity contribution in [3.05, 3.63) is 65.6 Å². The summed E-state index contributed by atoms with van der Waals surface area (Å²) in [5.41, 5.74) is 9.34. The van der Waals surface area contributed by atoms with Gasteiger partial charge in [0.1, 0.15) is 18.0 Å². The Morgan fingerprint density at radius 1 is 1.29 bits per heavy atom. The van der Waals surface area contributed by atoms with Gasteiger partial charge in [-0.15, -0.1) is 0 Å². The van der Waals surface area contributed by atoms with E-state index in [9.17, 15) is 4.79 Å². The molecule has 0 spiro atoms. The first-order valence-corrected chi connectivity index (χ1v) is 8.82. The number of anilines is 3. The lowest BCUT2D eigenvalue weighted by Crippen LogP contribution is -2.23. The lowest BCUT2D eigenvalue weighted by Gasteiger charge is -2.20. The first kappa shape index (κ1) is 19.1. The van der Waals surface area contributed by atoms with Gasteiger partial charge in [0.2, 0.25) is 6.41 Å². The molecule has 0 saturated carbocycles. The number of nitrogens with zero attached hydrogens (tertiary/aromatic N) is 3. The quantitative estimate of drug-likeness (QED) is 0.432. The maximum atomic E-state index is 10.5. The molecular formula is C20H23N7O. The first-order chi connectivity index (χ1) is 13.5. The highest BCUT2D eigenvalue weighted by Gasteiger charge is 2.19. The molecule has 8 nitrogen and oxygen atoms in total. The van der Waals surface area contributed by atoms with Gasteiger partial charge in [-0.1, -0.05) is 24.3 Å². The van der Waals surface area contributed by atoms with Gasteiger partial charge >= 0.3 is 0 Å². The number of hydrogen-bond acceptors (Lipinski definition) is 7. The Kier molecular flexibility index (Phi) is 5.69. The molecule has 1 unspecified atom stereocenters. The zero-order chi connectivity index (χ0) is 20.1. The molecule has 1 aliphatic carbocycles. The van der Waals surface area contributed by atoms with Gasteiger partial charge in [0.25, 0.3) is 0 Å². The SMILES string of the molecule is CN(C)c1ccc(C(=N)c2c(N)ncnc2NC2C=CC(NC=O)=CC2)cc1. The van der Waals surface area contributed by atoms with Crippen molar-refractivity contribution in [2.75, 3.05) is 30.0 Å². The van der Waals surface area contributed by atoms with Gasteiger partial charge in [0.05, 0.1) is 11.3 Å². The zero-order valence-electron chi connectivity index (χ0n) is 15.8. The summed E-state index contributed by atoms with van der Waals surface area (Å²) in [5, 5.41) is 14.6. The van der Waals surface area contributed by atoms with Crippen molar-refractivity contribution in [2.24, 2.45) is 0 Å². The van der Waals surface area contributed by atoms with Crippen LogP contribution in [0, 0.1) is 5.41 Å². The second-order valence-corrected chi connectivity index (χ2v) is 6.57. The summed E-state index contributed by atoms with van der Waals surface area (Å²) in [4.78, 5) is 20.9. The predicted octanol–water partition coefficient (Wildman–Crippen LogP) is 1.91. The number of rotatable bonds is 7. The smallest absolute Gasteiger partial charge is 0.211 e. The van der Waals surface area contributed by atoms with Crippen LogP contribution in [0.2, 0.25) is 0 Å². The largest absolute Gasteiger partial charge is 0.383 e. The third-order valence-electron chi connectivity index (χ3n) is 4.45. The lowest BCUT2D eigenvalue weighted by atomic mass is 10.0. The van der Waals surface area contributed by atoms with Gasteiger partial charge in [-0.3, -0.25) is 10.2 Å². The Morgan fingerprint density at radius 3 is 2.64 bits per heavy atom. The van der Waals surface area contributed by atoms with E-state index in [0.29, 0.717) is 24.2 Å². The summed E-state index contributed by atoms with van der Waals surface area (Å²) in [6.45, 7) is 0. The van der Waals surface area contributed by atoms with Gasteiger partial charge in [0, 0.05) is 37.1 Å². The standard InChI is InChI=1S/C20H23N7O/c1-27(2)16-9-3-13(4-10-16)18(21)17-19(22)23-11-24-20(17)26-15-7-5-14(6-8-15)25-12-28/h3-7,9-12,15,21H,8H2,1-2H3,(H,25,28)(H3,22,23,24,26). The summed E-state index contributed by atoms with van der Waals surface area (Å²) in [6, 6.07) is 7.64. The lowest BCUT2D eigenvalue weighted by molar-refractivity contribution is -0.108. The maximum Gasteiger partial charge on any atom is 0.211 e. The number of benzene rings is 1. The van der Waals surface area contributed by atoms with Crippen molar-refractivity contribution < 1.29 is 4.79 Å². The Balaban J connectivity index is 1.83. The molecule has 1 atom stereocenters. The summed E-state index contributed by atoms with van der Waals surface area (Å²) in [6.07, 6.45) is 8.37. The van der Waals surface area contributed by atoms with E-state index in [1.54, 1.807) is 0 Å². The van der Waals surface area contributed by atoms with Gasteiger partial charge in [-0.2, -0.15) is 0 Å². The second kappa shape index (κ2) is 8.34. The minimum absolute atomic E-state index is 0.0332. The number of carbonyl (C=O) groups excluding carboxylic acids is 1. The van der Waals surface area contributed by atoms with Crippen molar-refractivity contribution in [2.45, 2.75) is 12.5 Å². The second-order valence-electron chi connectivity index (χ2n) is 6.57. The number of carbonyl (C=O) groups is 1. The number of allylic oxidation sites excluding steroid dienone is 1. The predicted molar refractivity (Wildman–Crippen MR) is 112 cm³/mol. The molecule has 0 fully saturated rings. The van der Waals surface area contributed by atoms with Crippen LogP contribution >= 0.6 is 0 Å². The van der Waals surface area contributed by atoms with E-state index in [0.717, 1.165) is 16.9 Å². The van der Waals surface area contributed by atoms with Crippen LogP contribution in [0.3, 0.4) is 0 Å². The van der Waals surface area contributed by atoms with E-state index in [-0.39, 0.29) is 17.6 Å². The molecule has 1 aromatic heterocycles. The number of aromatic nitrogens is 2. The Hall–Kier alpha value is -3.68. The molecule has 5 N–H and O–H groups in total. The third-order valence-corrected chi connectivity index (χ3v) is 4.45. The van der Waals surface area contributed by atoms with Crippen LogP contribution in [-0.2, 0) is 4.79 Å². The maximum absolute atomic E-state index is 10.5. The van der Waals surface area contributed by atoms with Gasteiger partial charge in [-0.25, -0.2) is 9.97 Å². The number of nitrogens with two attached hydrogens (primary N) is 1. The van der Waals surface area contributed by atoms with E-state index in [1.807, 2.05) is 61.5 Å². The molecule has 2 aromatic rings. The molecule has 1 aliphatic rings. The Morgan fingerprint density at radius 2 is 2.04 bits per heavy atom. The summed E-state index contributed by atoms with van der Waals surface area (Å²) in [7, 11) is 3.93. The summed E-state index contributed by atoms with van der Waals surface area (Å²) < 4.78 is 0. The molecule has 1 aromatic carbocycles. The van der Waals surface area contributed by atoms with Crippen LogP contribution in [0.25, 0.3) is 0 Å². The fourth-order valence-electron chi connectivity index (χ4n) is 2.90. The van der Waals surface area contributed by atoms with E-state index < -0.39 is 0 Å². The van der Waals surface area contributed by atoms with E-state index in [2.05, 4.69) is 20.6 Å².